The van der Waals surface area contributed by atoms with Crippen LogP contribution in [0.5, 0.6) is 0 Å². The molecule has 0 saturated heterocycles. The predicted molar refractivity (Wildman–Crippen MR) is 91.8 cm³/mol. The zero-order valence-electron chi connectivity index (χ0n) is 13.1. The van der Waals surface area contributed by atoms with Crippen LogP contribution in [0.15, 0.2) is 85.0 Å². The Balaban J connectivity index is 0.000000220. The smallest absolute Gasteiger partial charge is 0.188 e. The number of Topliss-reactive ketones (excluding diaryl/α,β-unsaturated/α-hetero) is 1. The van der Waals surface area contributed by atoms with Crippen LogP contribution in [-0.4, -0.2) is 10.9 Å². The summed E-state index contributed by atoms with van der Waals surface area (Å²) < 4.78 is 0. The third kappa shape index (κ3) is 5.51. The summed E-state index contributed by atoms with van der Waals surface area (Å²) in [4.78, 5) is 11.2. The summed E-state index contributed by atoms with van der Waals surface area (Å²) in [7, 11) is 0. The molecule has 0 aliphatic rings. The SMILES string of the molecule is C=C(C)C(=O)c1ccccc1.C=C(C)C(O)c1ccccc1. The first-order valence-corrected chi connectivity index (χ1v) is 7.07. The summed E-state index contributed by atoms with van der Waals surface area (Å²) in [5.41, 5.74) is 2.97. The molecule has 1 unspecified atom stereocenters. The zero-order chi connectivity index (χ0) is 16.5. The van der Waals surface area contributed by atoms with Crippen LogP contribution in [0, 0.1) is 0 Å². The van der Waals surface area contributed by atoms with Crippen LogP contribution in [-0.2, 0) is 0 Å². The molecule has 2 heteroatoms. The maximum atomic E-state index is 11.2. The molecule has 1 atom stereocenters. The van der Waals surface area contributed by atoms with Gasteiger partial charge < -0.3 is 5.11 Å². The average molecular weight is 294 g/mol. The maximum Gasteiger partial charge on any atom is 0.188 e. The molecule has 2 aromatic rings. The van der Waals surface area contributed by atoms with E-state index < -0.39 is 6.10 Å². The van der Waals surface area contributed by atoms with Gasteiger partial charge in [-0.05, 0) is 30.6 Å². The first kappa shape index (κ1) is 17.6. The molecule has 0 radical (unpaired) electrons. The van der Waals surface area contributed by atoms with E-state index >= 15 is 0 Å². The van der Waals surface area contributed by atoms with Gasteiger partial charge in [0, 0.05) is 5.56 Å². The molecule has 0 amide bonds. The Hall–Kier alpha value is -2.45. The predicted octanol–water partition coefficient (Wildman–Crippen LogP) is 4.74. The van der Waals surface area contributed by atoms with E-state index in [4.69, 9.17) is 0 Å². The van der Waals surface area contributed by atoms with Gasteiger partial charge in [-0.1, -0.05) is 73.8 Å². The number of benzene rings is 2. The van der Waals surface area contributed by atoms with Gasteiger partial charge in [0.1, 0.15) is 0 Å². The second-order valence-electron chi connectivity index (χ2n) is 5.14. The molecule has 0 aliphatic carbocycles. The van der Waals surface area contributed by atoms with Crippen LogP contribution in [0.25, 0.3) is 0 Å². The minimum atomic E-state index is -0.517. The van der Waals surface area contributed by atoms with Crippen molar-refractivity contribution in [1.29, 1.82) is 0 Å². The lowest BCUT2D eigenvalue weighted by atomic mass is 10.0. The van der Waals surface area contributed by atoms with Crippen LogP contribution in [0.4, 0.5) is 0 Å². The van der Waals surface area contributed by atoms with E-state index in [0.29, 0.717) is 11.1 Å². The highest BCUT2D eigenvalue weighted by Gasteiger charge is 2.05. The summed E-state index contributed by atoms with van der Waals surface area (Å²) in [6.07, 6.45) is -0.517. The Kier molecular flexibility index (Phi) is 7.00. The Morgan fingerprint density at radius 3 is 1.77 bits per heavy atom. The van der Waals surface area contributed by atoms with E-state index in [9.17, 15) is 9.90 Å². The monoisotopic (exact) mass is 294 g/mol. The Labute approximate surface area is 132 Å². The molecule has 114 valence electrons. The Morgan fingerprint density at radius 2 is 1.36 bits per heavy atom. The molecule has 0 bridgehead atoms. The van der Waals surface area contributed by atoms with Crippen molar-refractivity contribution in [2.75, 3.05) is 0 Å². The molecule has 0 fully saturated rings. The topological polar surface area (TPSA) is 37.3 Å². The van der Waals surface area contributed by atoms with Gasteiger partial charge in [0.2, 0.25) is 0 Å². The van der Waals surface area contributed by atoms with Crippen LogP contribution < -0.4 is 0 Å². The van der Waals surface area contributed by atoms with Gasteiger partial charge in [-0.25, -0.2) is 0 Å². The zero-order valence-corrected chi connectivity index (χ0v) is 13.1. The standard InChI is InChI=1S/C10H12O.C10H10O/c2*1-8(2)10(11)9-6-4-3-5-7-9/h3-7,10-11H,1H2,2H3;3-7H,1H2,2H3. The van der Waals surface area contributed by atoms with E-state index in [1.807, 2.05) is 55.5 Å². The minimum absolute atomic E-state index is 0.0191. The van der Waals surface area contributed by atoms with Crippen molar-refractivity contribution in [2.24, 2.45) is 0 Å². The fourth-order valence-corrected chi connectivity index (χ4v) is 1.76. The number of rotatable bonds is 4. The first-order valence-electron chi connectivity index (χ1n) is 7.07. The molecular weight excluding hydrogens is 272 g/mol. The number of hydrogen-bond acceptors (Lipinski definition) is 2. The third-order valence-electron chi connectivity index (χ3n) is 3.01. The molecule has 0 saturated carbocycles. The summed E-state index contributed by atoms with van der Waals surface area (Å²) >= 11 is 0. The number of aliphatic hydroxyl groups excluding tert-OH is 1. The highest BCUT2D eigenvalue weighted by Crippen LogP contribution is 2.18. The number of allylic oxidation sites excluding steroid dienone is 1. The summed E-state index contributed by atoms with van der Waals surface area (Å²) in [5, 5.41) is 9.50. The van der Waals surface area contributed by atoms with E-state index in [0.717, 1.165) is 11.1 Å². The number of carbonyl (C=O) groups is 1. The average Bonchev–Trinajstić information content (AvgIpc) is 2.55. The van der Waals surface area contributed by atoms with Crippen molar-refractivity contribution in [1.82, 2.24) is 0 Å². The molecule has 0 aliphatic heterocycles. The largest absolute Gasteiger partial charge is 0.384 e. The molecule has 0 spiro atoms. The minimum Gasteiger partial charge on any atom is -0.384 e. The van der Waals surface area contributed by atoms with Crippen LogP contribution in [0.1, 0.15) is 35.9 Å². The second-order valence-corrected chi connectivity index (χ2v) is 5.14. The molecule has 2 aromatic carbocycles. The highest BCUT2D eigenvalue weighted by atomic mass is 16.3. The quantitative estimate of drug-likeness (QED) is 0.502. The normalized spacial score (nSPS) is 10.9. The van der Waals surface area contributed by atoms with Gasteiger partial charge in [0.15, 0.2) is 5.78 Å². The van der Waals surface area contributed by atoms with Crippen molar-refractivity contribution < 1.29 is 9.90 Å². The summed E-state index contributed by atoms with van der Waals surface area (Å²) in [5.74, 6) is 0.0191. The number of aliphatic hydroxyl groups is 1. The van der Waals surface area contributed by atoms with Crippen molar-refractivity contribution >= 4 is 5.78 Å². The fraction of sp³-hybridized carbons (Fsp3) is 0.150. The van der Waals surface area contributed by atoms with E-state index in [1.165, 1.54) is 0 Å². The van der Waals surface area contributed by atoms with Crippen molar-refractivity contribution in [3.05, 3.63) is 96.1 Å². The number of ketones is 1. The Morgan fingerprint density at radius 1 is 0.909 bits per heavy atom. The van der Waals surface area contributed by atoms with Gasteiger partial charge in [-0.3, -0.25) is 4.79 Å². The van der Waals surface area contributed by atoms with Crippen LogP contribution in [0.2, 0.25) is 0 Å². The molecule has 2 nitrogen and oxygen atoms in total. The van der Waals surface area contributed by atoms with Crippen molar-refractivity contribution in [3.8, 4) is 0 Å². The highest BCUT2D eigenvalue weighted by molar-refractivity contribution is 6.07. The van der Waals surface area contributed by atoms with Crippen LogP contribution >= 0.6 is 0 Å². The number of hydrogen-bond donors (Lipinski definition) is 1. The summed E-state index contributed by atoms with van der Waals surface area (Å²) in [6, 6.07) is 18.7. The van der Waals surface area contributed by atoms with Gasteiger partial charge in [0.25, 0.3) is 0 Å². The van der Waals surface area contributed by atoms with E-state index in [1.54, 1.807) is 19.1 Å². The molecular formula is C20H22O2. The third-order valence-corrected chi connectivity index (χ3v) is 3.01. The van der Waals surface area contributed by atoms with Gasteiger partial charge in [-0.2, -0.15) is 0 Å². The lowest BCUT2D eigenvalue weighted by Gasteiger charge is -2.09. The fourth-order valence-electron chi connectivity index (χ4n) is 1.76. The lowest BCUT2D eigenvalue weighted by Crippen LogP contribution is -1.97. The number of carbonyl (C=O) groups excluding carboxylic acids is 1. The first-order chi connectivity index (χ1) is 10.4. The van der Waals surface area contributed by atoms with Gasteiger partial charge in [0.05, 0.1) is 6.10 Å². The van der Waals surface area contributed by atoms with E-state index in [2.05, 4.69) is 13.2 Å². The molecule has 22 heavy (non-hydrogen) atoms. The van der Waals surface area contributed by atoms with E-state index in [-0.39, 0.29) is 5.78 Å². The molecule has 2 rings (SSSR count). The van der Waals surface area contributed by atoms with Gasteiger partial charge in [-0.15, -0.1) is 0 Å². The lowest BCUT2D eigenvalue weighted by molar-refractivity contribution is 0.103. The van der Waals surface area contributed by atoms with Crippen molar-refractivity contribution in [3.63, 3.8) is 0 Å². The molecule has 0 heterocycles. The maximum absolute atomic E-state index is 11.2. The van der Waals surface area contributed by atoms with Crippen molar-refractivity contribution in [2.45, 2.75) is 20.0 Å². The molecule has 1 N–H and O–H groups in total. The Bertz CT molecular complexity index is 627. The van der Waals surface area contributed by atoms with Gasteiger partial charge >= 0.3 is 0 Å². The second kappa shape index (κ2) is 8.75. The summed E-state index contributed by atoms with van der Waals surface area (Å²) in [6.45, 7) is 10.8. The molecule has 0 aromatic heterocycles. The van der Waals surface area contributed by atoms with Crippen LogP contribution in [0.3, 0.4) is 0 Å².